The van der Waals surface area contributed by atoms with E-state index in [0.29, 0.717) is 16.7 Å². The third-order valence-electron chi connectivity index (χ3n) is 2.88. The number of carboxylic acid groups (broad SMARTS) is 1. The summed E-state index contributed by atoms with van der Waals surface area (Å²) in [5.41, 5.74) is 2.40. The van der Waals surface area contributed by atoms with Crippen LogP contribution in [0.1, 0.15) is 16.3 Å². The van der Waals surface area contributed by atoms with Crippen molar-refractivity contribution >= 4 is 16.9 Å². The van der Waals surface area contributed by atoms with E-state index in [1.165, 1.54) is 0 Å². The molecule has 0 saturated heterocycles. The van der Waals surface area contributed by atoms with Crippen LogP contribution in [0.4, 0.5) is 0 Å². The molecule has 0 bridgehead atoms. The molecule has 0 saturated carbocycles. The van der Waals surface area contributed by atoms with Crippen LogP contribution in [-0.4, -0.2) is 31.2 Å². The Bertz CT molecular complexity index is 762. The summed E-state index contributed by atoms with van der Waals surface area (Å²) in [6.45, 7) is 1.81. The highest BCUT2D eigenvalue weighted by molar-refractivity contribution is 6.02. The summed E-state index contributed by atoms with van der Waals surface area (Å²) in [5, 5.41) is 16.1. The second kappa shape index (κ2) is 4.16. The number of fused-ring (bicyclic) bond motifs is 1. The first-order chi connectivity index (χ1) is 9.15. The van der Waals surface area contributed by atoms with Gasteiger partial charge in [0.1, 0.15) is 5.82 Å². The molecule has 6 nitrogen and oxygen atoms in total. The van der Waals surface area contributed by atoms with E-state index in [-0.39, 0.29) is 5.69 Å². The van der Waals surface area contributed by atoms with Gasteiger partial charge >= 0.3 is 5.97 Å². The molecule has 94 valence electrons. The lowest BCUT2D eigenvalue weighted by molar-refractivity contribution is 0.0692. The number of carboxylic acids is 1. The lowest BCUT2D eigenvalue weighted by Crippen LogP contribution is -1.96. The zero-order chi connectivity index (χ0) is 13.4. The first-order valence-corrected chi connectivity index (χ1v) is 5.65. The summed E-state index contributed by atoms with van der Waals surface area (Å²) in [6, 6.07) is 5.44. The standard InChI is InChI=1S/C13H10N4O2/c1-7-14-5-9(6-15-7)8-2-3-11-10(4-8)12(13(18)19)17-16-11/h2-6H,1H3,(H,16,17)(H,18,19). The van der Waals surface area contributed by atoms with Gasteiger partial charge in [-0.3, -0.25) is 5.10 Å². The maximum atomic E-state index is 11.1. The first kappa shape index (κ1) is 11.3. The van der Waals surface area contributed by atoms with Gasteiger partial charge < -0.3 is 5.11 Å². The summed E-state index contributed by atoms with van der Waals surface area (Å²) >= 11 is 0. The molecule has 0 aliphatic heterocycles. The third kappa shape index (κ3) is 1.93. The van der Waals surface area contributed by atoms with Crippen LogP contribution in [0.2, 0.25) is 0 Å². The van der Waals surface area contributed by atoms with Crippen LogP contribution in [0.5, 0.6) is 0 Å². The number of hydrogen-bond acceptors (Lipinski definition) is 4. The number of rotatable bonds is 2. The highest BCUT2D eigenvalue weighted by atomic mass is 16.4. The summed E-state index contributed by atoms with van der Waals surface area (Å²) in [5.74, 6) is -0.358. The molecule has 3 rings (SSSR count). The molecule has 2 N–H and O–H groups in total. The van der Waals surface area contributed by atoms with Crippen LogP contribution >= 0.6 is 0 Å². The van der Waals surface area contributed by atoms with Crippen LogP contribution in [0, 0.1) is 6.92 Å². The van der Waals surface area contributed by atoms with E-state index in [1.807, 2.05) is 13.0 Å². The van der Waals surface area contributed by atoms with Crippen molar-refractivity contribution in [3.05, 3.63) is 42.1 Å². The molecule has 0 aliphatic rings. The second-order valence-corrected chi connectivity index (χ2v) is 4.16. The SMILES string of the molecule is Cc1ncc(-c2ccc3[nH]nc(C(=O)O)c3c2)cn1. The van der Waals surface area contributed by atoms with Crippen molar-refractivity contribution in [2.75, 3.05) is 0 Å². The fourth-order valence-corrected chi connectivity index (χ4v) is 1.90. The van der Waals surface area contributed by atoms with Gasteiger partial charge in [-0.15, -0.1) is 0 Å². The summed E-state index contributed by atoms with van der Waals surface area (Å²) < 4.78 is 0. The molecular weight excluding hydrogens is 244 g/mol. The zero-order valence-electron chi connectivity index (χ0n) is 10.1. The van der Waals surface area contributed by atoms with Crippen molar-refractivity contribution in [1.29, 1.82) is 0 Å². The van der Waals surface area contributed by atoms with Crippen molar-refractivity contribution < 1.29 is 9.90 Å². The fraction of sp³-hybridized carbons (Fsp3) is 0.0769. The smallest absolute Gasteiger partial charge is 0.357 e. The number of nitrogens with one attached hydrogen (secondary N) is 1. The van der Waals surface area contributed by atoms with Gasteiger partial charge in [0.15, 0.2) is 5.69 Å². The molecule has 0 spiro atoms. The van der Waals surface area contributed by atoms with Gasteiger partial charge in [-0.2, -0.15) is 5.10 Å². The molecule has 1 aromatic carbocycles. The second-order valence-electron chi connectivity index (χ2n) is 4.16. The van der Waals surface area contributed by atoms with Crippen LogP contribution in [0.25, 0.3) is 22.0 Å². The number of aromatic nitrogens is 4. The maximum Gasteiger partial charge on any atom is 0.357 e. The Kier molecular flexibility index (Phi) is 2.49. The van der Waals surface area contributed by atoms with Gasteiger partial charge in [0, 0.05) is 23.3 Å². The van der Waals surface area contributed by atoms with Gasteiger partial charge in [0.05, 0.1) is 5.52 Å². The zero-order valence-corrected chi connectivity index (χ0v) is 10.1. The van der Waals surface area contributed by atoms with Crippen molar-refractivity contribution in [1.82, 2.24) is 20.2 Å². The summed E-state index contributed by atoms with van der Waals surface area (Å²) in [4.78, 5) is 19.3. The largest absolute Gasteiger partial charge is 0.476 e. The normalized spacial score (nSPS) is 10.8. The molecule has 0 amide bonds. The van der Waals surface area contributed by atoms with E-state index in [0.717, 1.165) is 11.1 Å². The molecule has 0 atom stereocenters. The number of aryl methyl sites for hydroxylation is 1. The molecule has 6 heteroatoms. The molecule has 0 radical (unpaired) electrons. The van der Waals surface area contributed by atoms with Gasteiger partial charge in [-0.1, -0.05) is 6.07 Å². The van der Waals surface area contributed by atoms with Crippen LogP contribution in [-0.2, 0) is 0 Å². The summed E-state index contributed by atoms with van der Waals surface area (Å²) in [7, 11) is 0. The minimum atomic E-state index is -1.05. The van der Waals surface area contributed by atoms with Crippen molar-refractivity contribution in [3.63, 3.8) is 0 Å². The summed E-state index contributed by atoms with van der Waals surface area (Å²) in [6.07, 6.45) is 3.42. The van der Waals surface area contributed by atoms with E-state index in [4.69, 9.17) is 5.11 Å². The molecule has 2 heterocycles. The number of benzene rings is 1. The van der Waals surface area contributed by atoms with Gasteiger partial charge in [-0.05, 0) is 24.6 Å². The minimum absolute atomic E-state index is 0.0184. The number of aromatic carboxylic acids is 1. The maximum absolute atomic E-state index is 11.1. The highest BCUT2D eigenvalue weighted by Gasteiger charge is 2.13. The Balaban J connectivity index is 2.17. The average Bonchev–Trinajstić information content (AvgIpc) is 2.82. The molecule has 0 aliphatic carbocycles. The topological polar surface area (TPSA) is 91.8 Å². The van der Waals surface area contributed by atoms with Crippen molar-refractivity contribution in [3.8, 4) is 11.1 Å². The van der Waals surface area contributed by atoms with Gasteiger partial charge in [-0.25, -0.2) is 14.8 Å². The van der Waals surface area contributed by atoms with Crippen LogP contribution in [0.15, 0.2) is 30.6 Å². The van der Waals surface area contributed by atoms with E-state index in [9.17, 15) is 4.79 Å². The Labute approximate surface area is 108 Å². The Morgan fingerprint density at radius 1 is 1.21 bits per heavy atom. The number of H-pyrrole nitrogens is 1. The number of nitrogens with zero attached hydrogens (tertiary/aromatic N) is 3. The monoisotopic (exact) mass is 254 g/mol. The predicted molar refractivity (Wildman–Crippen MR) is 68.8 cm³/mol. The molecule has 19 heavy (non-hydrogen) atoms. The Hall–Kier alpha value is -2.76. The highest BCUT2D eigenvalue weighted by Crippen LogP contribution is 2.24. The van der Waals surface area contributed by atoms with E-state index in [1.54, 1.807) is 24.5 Å². The molecule has 0 fully saturated rings. The van der Waals surface area contributed by atoms with E-state index >= 15 is 0 Å². The Morgan fingerprint density at radius 3 is 2.63 bits per heavy atom. The Morgan fingerprint density at radius 2 is 1.95 bits per heavy atom. The van der Waals surface area contributed by atoms with Crippen LogP contribution in [0.3, 0.4) is 0 Å². The first-order valence-electron chi connectivity index (χ1n) is 5.65. The quantitative estimate of drug-likeness (QED) is 0.730. The van der Waals surface area contributed by atoms with Crippen molar-refractivity contribution in [2.24, 2.45) is 0 Å². The molecule has 3 aromatic rings. The number of aromatic amines is 1. The van der Waals surface area contributed by atoms with Gasteiger partial charge in [0.2, 0.25) is 0 Å². The number of hydrogen-bond donors (Lipinski definition) is 2. The minimum Gasteiger partial charge on any atom is -0.476 e. The lowest BCUT2D eigenvalue weighted by Gasteiger charge is -2.01. The third-order valence-corrected chi connectivity index (χ3v) is 2.88. The fourth-order valence-electron chi connectivity index (χ4n) is 1.90. The molecular formula is C13H10N4O2. The van der Waals surface area contributed by atoms with E-state index < -0.39 is 5.97 Å². The average molecular weight is 254 g/mol. The van der Waals surface area contributed by atoms with Crippen LogP contribution < -0.4 is 0 Å². The number of carbonyl (C=O) groups is 1. The predicted octanol–water partition coefficient (Wildman–Crippen LogP) is 2.03. The lowest BCUT2D eigenvalue weighted by atomic mass is 10.1. The van der Waals surface area contributed by atoms with Gasteiger partial charge in [0.25, 0.3) is 0 Å². The molecule has 2 aromatic heterocycles. The molecule has 0 unspecified atom stereocenters. The van der Waals surface area contributed by atoms with Crippen molar-refractivity contribution in [2.45, 2.75) is 6.92 Å². The van der Waals surface area contributed by atoms with E-state index in [2.05, 4.69) is 20.2 Å².